The molecule has 2 heterocycles. The van der Waals surface area contributed by atoms with Gasteiger partial charge in [-0.05, 0) is 44.0 Å². The largest absolute Gasteiger partial charge is 0.462 e. The lowest BCUT2D eigenvalue weighted by atomic mass is 10.1. The highest BCUT2D eigenvalue weighted by Crippen LogP contribution is 2.36. The molecule has 1 amide bonds. The number of esters is 2. The number of thiophene rings is 1. The zero-order valence-corrected chi connectivity index (χ0v) is 18.9. The second kappa shape index (κ2) is 10.7. The number of amides is 1. The second-order valence-corrected chi connectivity index (χ2v) is 8.10. The van der Waals surface area contributed by atoms with Gasteiger partial charge in [0.1, 0.15) is 5.00 Å². The van der Waals surface area contributed by atoms with Crippen LogP contribution in [0, 0.1) is 6.92 Å². The zero-order valence-electron chi connectivity index (χ0n) is 18.1. The summed E-state index contributed by atoms with van der Waals surface area (Å²) in [5.41, 5.74) is 2.71. The Balaban J connectivity index is 1.70. The van der Waals surface area contributed by atoms with Crippen LogP contribution in [0.15, 0.2) is 54.7 Å². The second-order valence-electron chi connectivity index (χ2n) is 7.05. The first kappa shape index (κ1) is 23.1. The average Bonchev–Trinajstić information content (AvgIpc) is 3.20. The Morgan fingerprint density at radius 3 is 2.53 bits per heavy atom. The molecule has 7 nitrogen and oxygen atoms in total. The lowest BCUT2D eigenvalue weighted by molar-refractivity contribution is -0.152. The highest BCUT2D eigenvalue weighted by molar-refractivity contribution is 7.20. The molecule has 32 heavy (non-hydrogen) atoms. The molecule has 0 radical (unpaired) electrons. The number of hydrogen-bond acceptors (Lipinski definition) is 7. The van der Waals surface area contributed by atoms with Crippen LogP contribution in [0.25, 0.3) is 10.4 Å². The van der Waals surface area contributed by atoms with Gasteiger partial charge in [0, 0.05) is 16.8 Å². The third-order valence-electron chi connectivity index (χ3n) is 4.52. The van der Waals surface area contributed by atoms with Crippen LogP contribution in [-0.4, -0.2) is 35.5 Å². The molecule has 1 N–H and O–H groups in total. The summed E-state index contributed by atoms with van der Waals surface area (Å²) in [5.74, 6) is -1.61. The SMILES string of the molecule is CCOC(=O)c1cc(-c2ccccc2)sc1NC(=O)C(C)OC(=O)Cc1ccc(C)nc1. The molecular weight excluding hydrogens is 428 g/mol. The van der Waals surface area contributed by atoms with Gasteiger partial charge < -0.3 is 14.8 Å². The molecule has 0 aliphatic carbocycles. The summed E-state index contributed by atoms with van der Waals surface area (Å²) in [4.78, 5) is 42.2. The number of aromatic nitrogens is 1. The number of benzene rings is 1. The number of carbonyl (C=O) groups excluding carboxylic acids is 3. The fraction of sp³-hybridized carbons (Fsp3) is 0.250. The fourth-order valence-electron chi connectivity index (χ4n) is 2.86. The van der Waals surface area contributed by atoms with E-state index in [1.165, 1.54) is 18.3 Å². The van der Waals surface area contributed by atoms with E-state index in [1.54, 1.807) is 31.3 Å². The predicted octanol–water partition coefficient (Wildman–Crippen LogP) is 4.41. The maximum Gasteiger partial charge on any atom is 0.341 e. The molecule has 0 fully saturated rings. The Bertz CT molecular complexity index is 1090. The number of rotatable bonds is 8. The third kappa shape index (κ3) is 6.01. The van der Waals surface area contributed by atoms with Crippen molar-refractivity contribution in [2.45, 2.75) is 33.3 Å². The first-order valence-electron chi connectivity index (χ1n) is 10.2. The first-order chi connectivity index (χ1) is 15.4. The quantitative estimate of drug-likeness (QED) is 0.509. The normalized spacial score (nSPS) is 11.5. The third-order valence-corrected chi connectivity index (χ3v) is 5.62. The minimum Gasteiger partial charge on any atom is -0.462 e. The van der Waals surface area contributed by atoms with Crippen LogP contribution in [0.3, 0.4) is 0 Å². The number of aryl methyl sites for hydroxylation is 1. The highest BCUT2D eigenvalue weighted by Gasteiger charge is 2.24. The van der Waals surface area contributed by atoms with Crippen LogP contribution in [0.4, 0.5) is 5.00 Å². The van der Waals surface area contributed by atoms with E-state index in [2.05, 4.69) is 10.3 Å². The summed E-state index contributed by atoms with van der Waals surface area (Å²) in [5, 5.41) is 3.05. The van der Waals surface area contributed by atoms with Crippen molar-refractivity contribution in [1.82, 2.24) is 4.98 Å². The van der Waals surface area contributed by atoms with Gasteiger partial charge in [0.15, 0.2) is 6.10 Å². The predicted molar refractivity (Wildman–Crippen MR) is 123 cm³/mol. The van der Waals surface area contributed by atoms with E-state index < -0.39 is 23.9 Å². The molecule has 0 aliphatic rings. The van der Waals surface area contributed by atoms with Crippen LogP contribution in [0.5, 0.6) is 0 Å². The molecule has 3 rings (SSSR count). The molecule has 0 aliphatic heterocycles. The van der Waals surface area contributed by atoms with Gasteiger partial charge in [-0.15, -0.1) is 11.3 Å². The fourth-order valence-corrected chi connectivity index (χ4v) is 3.92. The Morgan fingerprint density at radius 2 is 1.88 bits per heavy atom. The van der Waals surface area contributed by atoms with Gasteiger partial charge in [-0.25, -0.2) is 4.79 Å². The molecule has 8 heteroatoms. The molecule has 1 atom stereocenters. The number of carbonyl (C=O) groups is 3. The molecule has 0 saturated carbocycles. The van der Waals surface area contributed by atoms with Crippen LogP contribution in [0.1, 0.15) is 35.5 Å². The summed E-state index contributed by atoms with van der Waals surface area (Å²) < 4.78 is 10.4. The molecule has 0 saturated heterocycles. The van der Waals surface area contributed by atoms with Crippen molar-refractivity contribution in [2.75, 3.05) is 11.9 Å². The van der Waals surface area contributed by atoms with E-state index in [-0.39, 0.29) is 18.6 Å². The molecule has 0 bridgehead atoms. The van der Waals surface area contributed by atoms with Gasteiger partial charge in [0.05, 0.1) is 18.6 Å². The highest BCUT2D eigenvalue weighted by atomic mass is 32.1. The smallest absolute Gasteiger partial charge is 0.341 e. The average molecular weight is 453 g/mol. The van der Waals surface area contributed by atoms with Crippen LogP contribution in [0.2, 0.25) is 0 Å². The summed E-state index contributed by atoms with van der Waals surface area (Å²) in [7, 11) is 0. The lowest BCUT2D eigenvalue weighted by Gasteiger charge is -2.13. The Morgan fingerprint density at radius 1 is 1.12 bits per heavy atom. The van der Waals surface area contributed by atoms with Crippen molar-refractivity contribution in [1.29, 1.82) is 0 Å². The molecule has 1 aromatic carbocycles. The van der Waals surface area contributed by atoms with Crippen LogP contribution >= 0.6 is 11.3 Å². The summed E-state index contributed by atoms with van der Waals surface area (Å²) >= 11 is 1.25. The molecule has 0 spiro atoms. The van der Waals surface area contributed by atoms with Crippen LogP contribution in [-0.2, 0) is 25.5 Å². The zero-order chi connectivity index (χ0) is 23.1. The number of nitrogens with one attached hydrogen (secondary N) is 1. The van der Waals surface area contributed by atoms with Crippen molar-refractivity contribution in [3.8, 4) is 10.4 Å². The molecular formula is C24H24N2O5S. The topological polar surface area (TPSA) is 94.6 Å². The van der Waals surface area contributed by atoms with Gasteiger partial charge in [0.2, 0.25) is 0 Å². The standard InChI is InChI=1S/C24H24N2O5S/c1-4-30-24(29)19-13-20(18-8-6-5-7-9-18)32-23(19)26-22(28)16(3)31-21(27)12-17-11-10-15(2)25-14-17/h5-11,13-14,16H,4,12H2,1-3H3,(H,26,28). The van der Waals surface area contributed by atoms with Crippen molar-refractivity contribution >= 4 is 34.2 Å². The number of anilines is 1. The number of pyridine rings is 1. The van der Waals surface area contributed by atoms with Crippen molar-refractivity contribution in [3.63, 3.8) is 0 Å². The van der Waals surface area contributed by atoms with Crippen molar-refractivity contribution in [3.05, 3.63) is 71.5 Å². The van der Waals surface area contributed by atoms with E-state index in [4.69, 9.17) is 9.47 Å². The van der Waals surface area contributed by atoms with Gasteiger partial charge in [0.25, 0.3) is 5.91 Å². The maximum absolute atomic E-state index is 12.7. The van der Waals surface area contributed by atoms with Gasteiger partial charge in [-0.3, -0.25) is 14.6 Å². The van der Waals surface area contributed by atoms with E-state index in [1.807, 2.05) is 37.3 Å². The molecule has 166 valence electrons. The molecule has 2 aromatic heterocycles. The van der Waals surface area contributed by atoms with Crippen LogP contribution < -0.4 is 5.32 Å². The van der Waals surface area contributed by atoms with E-state index in [0.717, 1.165) is 16.1 Å². The summed E-state index contributed by atoms with van der Waals surface area (Å²) in [6.07, 6.45) is 0.568. The first-order valence-corrected chi connectivity index (χ1v) is 11.0. The van der Waals surface area contributed by atoms with E-state index in [0.29, 0.717) is 10.6 Å². The Hall–Kier alpha value is -3.52. The number of nitrogens with zero attached hydrogens (tertiary/aromatic N) is 1. The summed E-state index contributed by atoms with van der Waals surface area (Å²) in [6, 6.07) is 14.8. The molecule has 3 aromatic rings. The Labute approximate surface area is 190 Å². The van der Waals surface area contributed by atoms with Crippen molar-refractivity contribution in [2.24, 2.45) is 0 Å². The lowest BCUT2D eigenvalue weighted by Crippen LogP contribution is -2.30. The Kier molecular flexibility index (Phi) is 7.72. The van der Waals surface area contributed by atoms with Crippen molar-refractivity contribution < 1.29 is 23.9 Å². The van der Waals surface area contributed by atoms with Gasteiger partial charge in [-0.1, -0.05) is 36.4 Å². The number of ether oxygens (including phenoxy) is 2. The van der Waals surface area contributed by atoms with E-state index in [9.17, 15) is 14.4 Å². The monoisotopic (exact) mass is 452 g/mol. The number of hydrogen-bond donors (Lipinski definition) is 1. The summed E-state index contributed by atoms with van der Waals surface area (Å²) in [6.45, 7) is 5.26. The minimum absolute atomic E-state index is 0.0101. The minimum atomic E-state index is -1.04. The van der Waals surface area contributed by atoms with Gasteiger partial charge >= 0.3 is 11.9 Å². The molecule has 1 unspecified atom stereocenters. The maximum atomic E-state index is 12.7. The van der Waals surface area contributed by atoms with E-state index >= 15 is 0 Å². The van der Waals surface area contributed by atoms with Gasteiger partial charge in [-0.2, -0.15) is 0 Å².